The maximum Gasteiger partial charge on any atom is 0.329 e. The number of nitrogens with zero attached hydrogens (tertiary/aromatic N) is 2. The fourth-order valence-corrected chi connectivity index (χ4v) is 2.93. The minimum Gasteiger partial charge on any atom is -0.345 e. The molecule has 130 valence electrons. The summed E-state index contributed by atoms with van der Waals surface area (Å²) in [6.07, 6.45) is 3.19. The standard InChI is InChI=1S/C16H16ClN5O2S/c1-9-2-4-11(5-3-9)20-16-21-13(17)12(25-16)8-18-22-15(24)14(23)19-10-6-7-10/h2-5,8,10H,6-7H2,1H3,(H,19,23)(H,20,21)(H,22,24)/b18-8+. The lowest BCUT2D eigenvalue weighted by Gasteiger charge is -2.01. The molecule has 1 saturated carbocycles. The molecule has 0 unspecified atom stereocenters. The summed E-state index contributed by atoms with van der Waals surface area (Å²) >= 11 is 7.35. The molecule has 1 fully saturated rings. The van der Waals surface area contributed by atoms with Crippen LogP contribution in [0, 0.1) is 6.92 Å². The first-order valence-electron chi connectivity index (χ1n) is 7.65. The average molecular weight is 378 g/mol. The topological polar surface area (TPSA) is 95.5 Å². The van der Waals surface area contributed by atoms with Gasteiger partial charge in [-0.05, 0) is 31.9 Å². The van der Waals surface area contributed by atoms with E-state index in [1.54, 1.807) is 0 Å². The molecule has 9 heteroatoms. The third-order valence-electron chi connectivity index (χ3n) is 3.38. The van der Waals surface area contributed by atoms with Crippen molar-refractivity contribution in [2.75, 3.05) is 5.32 Å². The van der Waals surface area contributed by atoms with E-state index in [1.807, 2.05) is 31.2 Å². The van der Waals surface area contributed by atoms with Crippen LogP contribution in [-0.4, -0.2) is 29.1 Å². The fraction of sp³-hybridized carbons (Fsp3) is 0.250. The van der Waals surface area contributed by atoms with E-state index < -0.39 is 11.8 Å². The lowest BCUT2D eigenvalue weighted by molar-refractivity contribution is -0.139. The quantitative estimate of drug-likeness (QED) is 0.424. The molecule has 2 aromatic rings. The number of aryl methyl sites for hydroxylation is 1. The van der Waals surface area contributed by atoms with Crippen LogP contribution < -0.4 is 16.1 Å². The van der Waals surface area contributed by atoms with Crippen LogP contribution in [0.4, 0.5) is 10.8 Å². The van der Waals surface area contributed by atoms with E-state index in [2.05, 4.69) is 26.1 Å². The van der Waals surface area contributed by atoms with Crippen LogP contribution >= 0.6 is 22.9 Å². The van der Waals surface area contributed by atoms with Gasteiger partial charge in [-0.25, -0.2) is 10.4 Å². The maximum absolute atomic E-state index is 11.6. The van der Waals surface area contributed by atoms with Gasteiger partial charge in [-0.2, -0.15) is 5.10 Å². The summed E-state index contributed by atoms with van der Waals surface area (Å²) in [5, 5.41) is 10.4. The number of aromatic nitrogens is 1. The molecule has 0 radical (unpaired) electrons. The number of carbonyl (C=O) groups excluding carboxylic acids is 2. The number of hydrogen-bond donors (Lipinski definition) is 3. The summed E-state index contributed by atoms with van der Waals surface area (Å²) in [4.78, 5) is 27.8. The first kappa shape index (κ1) is 17.4. The normalized spacial score (nSPS) is 13.7. The smallest absolute Gasteiger partial charge is 0.329 e. The summed E-state index contributed by atoms with van der Waals surface area (Å²) in [5.41, 5.74) is 4.23. The molecule has 0 bridgehead atoms. The molecule has 3 rings (SSSR count). The van der Waals surface area contributed by atoms with Crippen molar-refractivity contribution >= 4 is 51.8 Å². The van der Waals surface area contributed by atoms with Gasteiger partial charge in [0.15, 0.2) is 10.3 Å². The van der Waals surface area contributed by atoms with Gasteiger partial charge in [-0.3, -0.25) is 9.59 Å². The van der Waals surface area contributed by atoms with Crippen LogP contribution in [0.25, 0.3) is 0 Å². The van der Waals surface area contributed by atoms with Gasteiger partial charge in [-0.15, -0.1) is 0 Å². The Morgan fingerprint density at radius 1 is 1.28 bits per heavy atom. The number of halogens is 1. The zero-order valence-electron chi connectivity index (χ0n) is 13.4. The molecule has 1 heterocycles. The van der Waals surface area contributed by atoms with Gasteiger partial charge < -0.3 is 10.6 Å². The number of nitrogens with one attached hydrogen (secondary N) is 3. The molecule has 1 aromatic carbocycles. The van der Waals surface area contributed by atoms with Crippen molar-refractivity contribution in [3.63, 3.8) is 0 Å². The van der Waals surface area contributed by atoms with Gasteiger partial charge >= 0.3 is 11.8 Å². The van der Waals surface area contributed by atoms with Crippen LogP contribution in [0.15, 0.2) is 29.4 Å². The average Bonchev–Trinajstić information content (AvgIpc) is 3.32. The number of hydrazone groups is 1. The van der Waals surface area contributed by atoms with Crippen molar-refractivity contribution in [3.05, 3.63) is 39.9 Å². The Bertz CT molecular complexity index is 814. The highest BCUT2D eigenvalue weighted by Crippen LogP contribution is 2.28. The summed E-state index contributed by atoms with van der Waals surface area (Å²) in [5.74, 6) is -1.49. The molecule has 2 amide bonds. The highest BCUT2D eigenvalue weighted by Gasteiger charge is 2.26. The minimum atomic E-state index is -0.804. The number of hydrogen-bond acceptors (Lipinski definition) is 6. The number of carbonyl (C=O) groups is 2. The largest absolute Gasteiger partial charge is 0.345 e. The molecule has 7 nitrogen and oxygen atoms in total. The SMILES string of the molecule is Cc1ccc(Nc2nc(Cl)c(/C=N/NC(=O)C(=O)NC3CC3)s2)cc1. The molecule has 0 saturated heterocycles. The third-order valence-corrected chi connectivity index (χ3v) is 4.68. The first-order valence-corrected chi connectivity index (χ1v) is 8.84. The second-order valence-electron chi connectivity index (χ2n) is 5.61. The molecule has 25 heavy (non-hydrogen) atoms. The lowest BCUT2D eigenvalue weighted by Crippen LogP contribution is -2.38. The number of benzene rings is 1. The summed E-state index contributed by atoms with van der Waals surface area (Å²) in [6, 6.07) is 7.98. The molecular formula is C16H16ClN5O2S. The van der Waals surface area contributed by atoms with E-state index in [9.17, 15) is 9.59 Å². The van der Waals surface area contributed by atoms with E-state index in [-0.39, 0.29) is 11.2 Å². The molecule has 1 aromatic heterocycles. The van der Waals surface area contributed by atoms with Crippen molar-refractivity contribution in [3.8, 4) is 0 Å². The predicted molar refractivity (Wildman–Crippen MR) is 98.5 cm³/mol. The van der Waals surface area contributed by atoms with Crippen LogP contribution in [-0.2, 0) is 9.59 Å². The Hall–Kier alpha value is -2.45. The molecule has 0 spiro atoms. The van der Waals surface area contributed by atoms with Gasteiger partial charge in [0.25, 0.3) is 0 Å². The fourth-order valence-electron chi connectivity index (χ4n) is 1.89. The maximum atomic E-state index is 11.6. The van der Waals surface area contributed by atoms with E-state index in [1.165, 1.54) is 17.6 Å². The van der Waals surface area contributed by atoms with Crippen molar-refractivity contribution in [2.45, 2.75) is 25.8 Å². The molecule has 1 aliphatic carbocycles. The number of thiazole rings is 1. The van der Waals surface area contributed by atoms with E-state index in [4.69, 9.17) is 11.6 Å². The lowest BCUT2D eigenvalue weighted by atomic mass is 10.2. The van der Waals surface area contributed by atoms with E-state index in [0.29, 0.717) is 10.0 Å². The number of anilines is 2. The summed E-state index contributed by atoms with van der Waals surface area (Å²) in [7, 11) is 0. The molecule has 1 aliphatic rings. The predicted octanol–water partition coefficient (Wildman–Crippen LogP) is 2.58. The van der Waals surface area contributed by atoms with E-state index in [0.717, 1.165) is 24.1 Å². The van der Waals surface area contributed by atoms with Crippen LogP contribution in [0.5, 0.6) is 0 Å². The Morgan fingerprint density at radius 3 is 2.68 bits per heavy atom. The summed E-state index contributed by atoms with van der Waals surface area (Å²) < 4.78 is 0. The van der Waals surface area contributed by atoms with Crippen LogP contribution in [0.1, 0.15) is 23.3 Å². The zero-order valence-corrected chi connectivity index (χ0v) is 14.9. The highest BCUT2D eigenvalue weighted by atomic mass is 35.5. The summed E-state index contributed by atoms with van der Waals surface area (Å²) in [6.45, 7) is 2.01. The Kier molecular flexibility index (Phi) is 5.30. The number of rotatable bonds is 5. The van der Waals surface area contributed by atoms with Crippen molar-refractivity contribution in [1.82, 2.24) is 15.7 Å². The zero-order chi connectivity index (χ0) is 17.8. The van der Waals surface area contributed by atoms with Crippen molar-refractivity contribution < 1.29 is 9.59 Å². The van der Waals surface area contributed by atoms with Crippen LogP contribution in [0.3, 0.4) is 0 Å². The molecule has 0 aliphatic heterocycles. The second-order valence-corrected chi connectivity index (χ2v) is 7.00. The van der Waals surface area contributed by atoms with Gasteiger partial charge in [0.05, 0.1) is 11.1 Å². The monoisotopic (exact) mass is 377 g/mol. The first-order chi connectivity index (χ1) is 12.0. The Balaban J connectivity index is 1.57. The Morgan fingerprint density at radius 2 is 2.00 bits per heavy atom. The van der Waals surface area contributed by atoms with Crippen LogP contribution in [0.2, 0.25) is 5.15 Å². The van der Waals surface area contributed by atoms with Crippen molar-refractivity contribution in [1.29, 1.82) is 0 Å². The third kappa shape index (κ3) is 5.01. The molecular weight excluding hydrogens is 362 g/mol. The second kappa shape index (κ2) is 7.62. The molecule has 0 atom stereocenters. The van der Waals surface area contributed by atoms with Gasteiger partial charge in [0.1, 0.15) is 0 Å². The minimum absolute atomic E-state index is 0.119. The van der Waals surface area contributed by atoms with Crippen molar-refractivity contribution in [2.24, 2.45) is 5.10 Å². The number of amides is 2. The van der Waals surface area contributed by atoms with Gasteiger partial charge in [0, 0.05) is 11.7 Å². The highest BCUT2D eigenvalue weighted by molar-refractivity contribution is 7.17. The van der Waals surface area contributed by atoms with Gasteiger partial charge in [0.2, 0.25) is 0 Å². The molecule has 3 N–H and O–H groups in total. The van der Waals surface area contributed by atoms with E-state index >= 15 is 0 Å². The Labute approximate surface area is 153 Å². The van der Waals surface area contributed by atoms with Gasteiger partial charge in [-0.1, -0.05) is 40.6 Å².